The van der Waals surface area contributed by atoms with Crippen LogP contribution in [0.5, 0.6) is 0 Å². The first-order chi connectivity index (χ1) is 10.9. The minimum atomic E-state index is -0.538. The van der Waals surface area contributed by atoms with E-state index in [1.807, 2.05) is 32.9 Å². The number of aliphatic hydroxyl groups excluding tert-OH is 1. The minimum absolute atomic E-state index is 0.137. The molecule has 1 heterocycles. The van der Waals surface area contributed by atoms with E-state index >= 15 is 0 Å². The van der Waals surface area contributed by atoms with E-state index in [-0.39, 0.29) is 36.9 Å². The molecule has 124 valence electrons. The van der Waals surface area contributed by atoms with E-state index in [2.05, 4.69) is 5.32 Å². The molecule has 1 aliphatic heterocycles. The zero-order chi connectivity index (χ0) is 17.1. The van der Waals surface area contributed by atoms with Gasteiger partial charge in [0.05, 0.1) is 25.8 Å². The first-order valence-electron chi connectivity index (χ1n) is 7.45. The summed E-state index contributed by atoms with van der Waals surface area (Å²) in [6.07, 6.45) is 0. The summed E-state index contributed by atoms with van der Waals surface area (Å²) >= 11 is 0. The lowest BCUT2D eigenvalue weighted by Crippen LogP contribution is -2.31. The standard InChI is InChI=1S/C17H22N2O4/c1-10-7-11(2)14(12(3)8-10)18-15-13(17(22)23-4)9-19(5-6-20)16(15)21/h7-8,18,20H,5-6,9H2,1-4H3. The summed E-state index contributed by atoms with van der Waals surface area (Å²) in [4.78, 5) is 25.9. The zero-order valence-corrected chi connectivity index (χ0v) is 13.9. The van der Waals surface area contributed by atoms with Gasteiger partial charge in [0.25, 0.3) is 5.91 Å². The van der Waals surface area contributed by atoms with E-state index in [1.165, 1.54) is 12.0 Å². The van der Waals surface area contributed by atoms with Crippen molar-refractivity contribution in [2.75, 3.05) is 32.1 Å². The van der Waals surface area contributed by atoms with E-state index in [0.29, 0.717) is 0 Å². The number of rotatable bonds is 5. The van der Waals surface area contributed by atoms with Gasteiger partial charge in [0, 0.05) is 12.2 Å². The lowest BCUT2D eigenvalue weighted by atomic mass is 10.0. The van der Waals surface area contributed by atoms with Gasteiger partial charge in [-0.3, -0.25) is 4.79 Å². The Labute approximate surface area is 135 Å². The number of esters is 1. The Morgan fingerprint density at radius 2 is 1.91 bits per heavy atom. The molecule has 23 heavy (non-hydrogen) atoms. The predicted molar refractivity (Wildman–Crippen MR) is 87.0 cm³/mol. The smallest absolute Gasteiger partial charge is 0.337 e. The van der Waals surface area contributed by atoms with Gasteiger partial charge in [-0.15, -0.1) is 0 Å². The van der Waals surface area contributed by atoms with Crippen molar-refractivity contribution in [2.45, 2.75) is 20.8 Å². The quantitative estimate of drug-likeness (QED) is 0.800. The van der Waals surface area contributed by atoms with Crippen LogP contribution in [0.25, 0.3) is 0 Å². The number of β-amino-alcohol motifs (C(OH)–C–C–N with tert-alkyl or cyclic N) is 1. The monoisotopic (exact) mass is 318 g/mol. The molecular formula is C17H22N2O4. The van der Waals surface area contributed by atoms with Crippen LogP contribution in [0.2, 0.25) is 0 Å². The van der Waals surface area contributed by atoms with E-state index in [0.717, 1.165) is 22.4 Å². The van der Waals surface area contributed by atoms with Crippen molar-refractivity contribution in [1.29, 1.82) is 0 Å². The molecule has 2 rings (SSSR count). The van der Waals surface area contributed by atoms with Crippen molar-refractivity contribution in [3.05, 3.63) is 40.1 Å². The lowest BCUT2D eigenvalue weighted by Gasteiger charge is -2.17. The van der Waals surface area contributed by atoms with Crippen LogP contribution in [0.1, 0.15) is 16.7 Å². The number of amides is 1. The maximum atomic E-state index is 12.5. The van der Waals surface area contributed by atoms with Crippen LogP contribution in [-0.2, 0) is 14.3 Å². The molecule has 0 aromatic heterocycles. The van der Waals surface area contributed by atoms with Gasteiger partial charge in [0.2, 0.25) is 0 Å². The predicted octanol–water partition coefficient (Wildman–Crippen LogP) is 1.29. The Kier molecular flexibility index (Phi) is 5.05. The molecule has 1 aliphatic rings. The van der Waals surface area contributed by atoms with Crippen LogP contribution in [0.15, 0.2) is 23.4 Å². The maximum Gasteiger partial charge on any atom is 0.337 e. The molecule has 0 aliphatic carbocycles. The highest BCUT2D eigenvalue weighted by molar-refractivity contribution is 6.08. The molecule has 0 spiro atoms. The number of nitrogens with zero attached hydrogens (tertiary/aromatic N) is 1. The Hall–Kier alpha value is -2.34. The number of hydrogen-bond acceptors (Lipinski definition) is 5. The fourth-order valence-electron chi connectivity index (χ4n) is 2.85. The molecular weight excluding hydrogens is 296 g/mol. The summed E-state index contributed by atoms with van der Waals surface area (Å²) in [6.45, 7) is 6.06. The molecule has 6 nitrogen and oxygen atoms in total. The number of aliphatic hydroxyl groups is 1. The van der Waals surface area contributed by atoms with Gasteiger partial charge in [0.1, 0.15) is 5.70 Å². The summed E-state index contributed by atoms with van der Waals surface area (Å²) in [6, 6.07) is 4.03. The van der Waals surface area contributed by atoms with Crippen LogP contribution in [0.4, 0.5) is 5.69 Å². The molecule has 1 amide bonds. The number of carbonyl (C=O) groups is 2. The van der Waals surface area contributed by atoms with Gasteiger partial charge >= 0.3 is 5.97 Å². The van der Waals surface area contributed by atoms with Gasteiger partial charge in [-0.25, -0.2) is 4.79 Å². The molecule has 2 N–H and O–H groups in total. The number of ether oxygens (including phenoxy) is 1. The van der Waals surface area contributed by atoms with Crippen LogP contribution in [0, 0.1) is 20.8 Å². The summed E-state index contributed by atoms with van der Waals surface area (Å²) < 4.78 is 4.78. The van der Waals surface area contributed by atoms with E-state index in [1.54, 1.807) is 0 Å². The maximum absolute atomic E-state index is 12.5. The molecule has 6 heteroatoms. The Bertz CT molecular complexity index is 656. The first-order valence-corrected chi connectivity index (χ1v) is 7.45. The number of anilines is 1. The summed E-state index contributed by atoms with van der Waals surface area (Å²) in [5.41, 5.74) is 4.43. The second-order valence-electron chi connectivity index (χ2n) is 5.69. The Balaban J connectivity index is 2.41. The van der Waals surface area contributed by atoms with Crippen LogP contribution in [0.3, 0.4) is 0 Å². The van der Waals surface area contributed by atoms with Gasteiger partial charge in [-0.05, 0) is 31.9 Å². The molecule has 0 fully saturated rings. The van der Waals surface area contributed by atoms with Crippen molar-refractivity contribution >= 4 is 17.6 Å². The van der Waals surface area contributed by atoms with Gasteiger partial charge in [0.15, 0.2) is 0 Å². The van der Waals surface area contributed by atoms with Gasteiger partial charge < -0.3 is 20.1 Å². The molecule has 0 atom stereocenters. The highest BCUT2D eigenvalue weighted by Crippen LogP contribution is 2.27. The van der Waals surface area contributed by atoms with Crippen LogP contribution >= 0.6 is 0 Å². The van der Waals surface area contributed by atoms with Crippen molar-refractivity contribution in [3.8, 4) is 0 Å². The van der Waals surface area contributed by atoms with E-state index in [4.69, 9.17) is 9.84 Å². The Morgan fingerprint density at radius 1 is 1.30 bits per heavy atom. The summed E-state index contributed by atoms with van der Waals surface area (Å²) in [5, 5.41) is 12.2. The second kappa shape index (κ2) is 6.83. The number of aryl methyl sites for hydroxylation is 3. The Morgan fingerprint density at radius 3 is 2.43 bits per heavy atom. The number of nitrogens with one attached hydrogen (secondary N) is 1. The summed E-state index contributed by atoms with van der Waals surface area (Å²) in [5.74, 6) is -0.845. The van der Waals surface area contributed by atoms with Crippen molar-refractivity contribution < 1.29 is 19.4 Å². The van der Waals surface area contributed by atoms with Gasteiger partial charge in [-0.2, -0.15) is 0 Å². The van der Waals surface area contributed by atoms with Crippen molar-refractivity contribution in [1.82, 2.24) is 4.90 Å². The normalized spacial score (nSPS) is 14.5. The molecule has 1 aromatic rings. The fraction of sp³-hybridized carbons (Fsp3) is 0.412. The van der Waals surface area contributed by atoms with Gasteiger partial charge in [-0.1, -0.05) is 17.7 Å². The minimum Gasteiger partial charge on any atom is -0.466 e. The second-order valence-corrected chi connectivity index (χ2v) is 5.69. The number of hydrogen-bond donors (Lipinski definition) is 2. The molecule has 1 aromatic carbocycles. The third-order valence-electron chi connectivity index (χ3n) is 3.88. The molecule has 0 bridgehead atoms. The molecule has 0 radical (unpaired) electrons. The number of benzene rings is 1. The third-order valence-corrected chi connectivity index (χ3v) is 3.88. The first kappa shape index (κ1) is 17.0. The molecule has 0 unspecified atom stereocenters. The average Bonchev–Trinajstić information content (AvgIpc) is 2.79. The third kappa shape index (κ3) is 3.37. The van der Waals surface area contributed by atoms with Crippen LogP contribution in [-0.4, -0.2) is 48.7 Å². The highest BCUT2D eigenvalue weighted by Gasteiger charge is 2.34. The largest absolute Gasteiger partial charge is 0.466 e. The average molecular weight is 318 g/mol. The SMILES string of the molecule is COC(=O)C1=C(Nc2c(C)cc(C)cc2C)C(=O)N(CCO)C1. The lowest BCUT2D eigenvalue weighted by molar-refractivity contribution is -0.136. The van der Waals surface area contributed by atoms with Crippen molar-refractivity contribution in [2.24, 2.45) is 0 Å². The van der Waals surface area contributed by atoms with Crippen molar-refractivity contribution in [3.63, 3.8) is 0 Å². The van der Waals surface area contributed by atoms with E-state index in [9.17, 15) is 9.59 Å². The molecule has 0 saturated heterocycles. The number of methoxy groups -OCH3 is 1. The van der Waals surface area contributed by atoms with E-state index < -0.39 is 5.97 Å². The van der Waals surface area contributed by atoms with Crippen LogP contribution < -0.4 is 5.32 Å². The number of carbonyl (C=O) groups excluding carboxylic acids is 2. The highest BCUT2D eigenvalue weighted by atomic mass is 16.5. The molecule has 0 saturated carbocycles. The zero-order valence-electron chi connectivity index (χ0n) is 13.9. The topological polar surface area (TPSA) is 78.9 Å². The summed E-state index contributed by atoms with van der Waals surface area (Å²) in [7, 11) is 1.29. The fourth-order valence-corrected chi connectivity index (χ4v) is 2.85.